The molecule has 1 aliphatic heterocycles. The van der Waals surface area contributed by atoms with Crippen molar-refractivity contribution in [3.8, 4) is 0 Å². The second kappa shape index (κ2) is 5.53. The summed E-state index contributed by atoms with van der Waals surface area (Å²) in [6, 6.07) is 6.22. The summed E-state index contributed by atoms with van der Waals surface area (Å²) < 4.78 is 0.968. The predicted molar refractivity (Wildman–Crippen MR) is 76.7 cm³/mol. The van der Waals surface area contributed by atoms with Crippen LogP contribution in [-0.4, -0.2) is 28.7 Å². The molecule has 1 heterocycles. The quantitative estimate of drug-likeness (QED) is 0.735. The number of nitrogens with zero attached hydrogens (tertiary/aromatic N) is 1. The second-order valence-corrected chi connectivity index (χ2v) is 6.03. The van der Waals surface area contributed by atoms with Gasteiger partial charge in [0.2, 0.25) is 0 Å². The van der Waals surface area contributed by atoms with Crippen molar-refractivity contribution in [2.45, 2.75) is 25.8 Å². The smallest absolute Gasteiger partial charge is 0.254 e. The van der Waals surface area contributed by atoms with Crippen LogP contribution in [0.15, 0.2) is 22.7 Å². The first-order valence-electron chi connectivity index (χ1n) is 5.76. The van der Waals surface area contributed by atoms with Crippen molar-refractivity contribution in [2.24, 2.45) is 0 Å². The number of halogens is 2. The molecule has 0 bridgehead atoms. The Kier molecular flexibility index (Phi) is 4.26. The molecule has 0 saturated carbocycles. The van der Waals surface area contributed by atoms with Gasteiger partial charge in [0.1, 0.15) is 0 Å². The fourth-order valence-electron chi connectivity index (χ4n) is 2.29. The van der Waals surface area contributed by atoms with E-state index < -0.39 is 0 Å². The SMILES string of the molecule is Cc1cc(Br)cc(C(=O)N2CCCC2CBr)c1. The molecular weight excluding hydrogens is 346 g/mol. The lowest BCUT2D eigenvalue weighted by molar-refractivity contribution is 0.0750. The van der Waals surface area contributed by atoms with E-state index in [0.29, 0.717) is 6.04 Å². The minimum Gasteiger partial charge on any atom is -0.335 e. The van der Waals surface area contributed by atoms with E-state index in [1.54, 1.807) is 0 Å². The molecule has 0 aliphatic carbocycles. The molecule has 1 fully saturated rings. The number of likely N-dealkylation sites (tertiary alicyclic amines) is 1. The van der Waals surface area contributed by atoms with Crippen molar-refractivity contribution >= 4 is 37.8 Å². The maximum Gasteiger partial charge on any atom is 0.254 e. The predicted octanol–water partition coefficient (Wildman–Crippen LogP) is 3.76. The topological polar surface area (TPSA) is 20.3 Å². The van der Waals surface area contributed by atoms with E-state index in [4.69, 9.17) is 0 Å². The summed E-state index contributed by atoms with van der Waals surface area (Å²) in [6.07, 6.45) is 2.21. The summed E-state index contributed by atoms with van der Waals surface area (Å²) in [6.45, 7) is 2.88. The van der Waals surface area contributed by atoms with Crippen molar-refractivity contribution in [1.82, 2.24) is 4.90 Å². The van der Waals surface area contributed by atoms with Crippen LogP contribution in [0.1, 0.15) is 28.8 Å². The van der Waals surface area contributed by atoms with Crippen LogP contribution in [0.3, 0.4) is 0 Å². The Balaban J connectivity index is 2.24. The zero-order chi connectivity index (χ0) is 12.4. The molecule has 0 spiro atoms. The minimum absolute atomic E-state index is 0.149. The van der Waals surface area contributed by atoms with Crippen LogP contribution in [0.5, 0.6) is 0 Å². The lowest BCUT2D eigenvalue weighted by atomic mass is 10.1. The molecule has 1 amide bonds. The maximum atomic E-state index is 12.4. The maximum absolute atomic E-state index is 12.4. The third kappa shape index (κ3) is 2.91. The van der Waals surface area contributed by atoms with Gasteiger partial charge < -0.3 is 4.90 Å². The van der Waals surface area contributed by atoms with E-state index in [1.165, 1.54) is 0 Å². The number of amides is 1. The largest absolute Gasteiger partial charge is 0.335 e. The number of aryl methyl sites for hydroxylation is 1. The first-order chi connectivity index (χ1) is 8.11. The third-order valence-corrected chi connectivity index (χ3v) is 4.31. The summed E-state index contributed by atoms with van der Waals surface area (Å²) in [5, 5.41) is 0.867. The van der Waals surface area contributed by atoms with Gasteiger partial charge in [0.25, 0.3) is 5.91 Å². The van der Waals surface area contributed by atoms with Crippen molar-refractivity contribution < 1.29 is 4.79 Å². The van der Waals surface area contributed by atoms with Crippen molar-refractivity contribution in [3.63, 3.8) is 0 Å². The molecule has 4 heteroatoms. The van der Waals surface area contributed by atoms with Crippen LogP contribution in [0.4, 0.5) is 0 Å². The number of hydrogen-bond donors (Lipinski definition) is 0. The highest BCUT2D eigenvalue weighted by Crippen LogP contribution is 2.23. The molecule has 2 nitrogen and oxygen atoms in total. The second-order valence-electron chi connectivity index (χ2n) is 4.47. The van der Waals surface area contributed by atoms with Gasteiger partial charge in [-0.05, 0) is 43.5 Å². The van der Waals surface area contributed by atoms with Gasteiger partial charge in [-0.2, -0.15) is 0 Å². The molecule has 92 valence electrons. The number of alkyl halides is 1. The first-order valence-corrected chi connectivity index (χ1v) is 7.67. The van der Waals surface area contributed by atoms with Gasteiger partial charge in [-0.25, -0.2) is 0 Å². The van der Waals surface area contributed by atoms with Crippen molar-refractivity contribution in [3.05, 3.63) is 33.8 Å². The van der Waals surface area contributed by atoms with E-state index in [2.05, 4.69) is 31.9 Å². The Morgan fingerprint density at radius 3 is 2.88 bits per heavy atom. The molecule has 1 aromatic carbocycles. The van der Waals surface area contributed by atoms with Crippen molar-refractivity contribution in [2.75, 3.05) is 11.9 Å². The Hall–Kier alpha value is -0.350. The van der Waals surface area contributed by atoms with E-state index in [1.807, 2.05) is 30.0 Å². The van der Waals surface area contributed by atoms with E-state index in [0.717, 1.165) is 40.3 Å². The van der Waals surface area contributed by atoms with Gasteiger partial charge in [-0.3, -0.25) is 4.79 Å². The minimum atomic E-state index is 0.149. The summed E-state index contributed by atoms with van der Waals surface area (Å²) in [5.41, 5.74) is 1.89. The highest BCUT2D eigenvalue weighted by Gasteiger charge is 2.28. The van der Waals surface area contributed by atoms with Gasteiger partial charge in [0.15, 0.2) is 0 Å². The molecule has 0 N–H and O–H groups in total. The van der Waals surface area contributed by atoms with Gasteiger partial charge in [0, 0.05) is 28.0 Å². The average Bonchev–Trinajstić information content (AvgIpc) is 2.74. The van der Waals surface area contributed by atoms with Crippen LogP contribution in [0.25, 0.3) is 0 Å². The highest BCUT2D eigenvalue weighted by atomic mass is 79.9. The first kappa shape index (κ1) is 13.1. The van der Waals surface area contributed by atoms with Gasteiger partial charge >= 0.3 is 0 Å². The fourth-order valence-corrected chi connectivity index (χ4v) is 3.57. The molecule has 0 aromatic heterocycles. The van der Waals surface area contributed by atoms with E-state index in [-0.39, 0.29) is 5.91 Å². The molecule has 1 aromatic rings. The van der Waals surface area contributed by atoms with Crippen LogP contribution in [0, 0.1) is 6.92 Å². The lowest BCUT2D eigenvalue weighted by Crippen LogP contribution is -2.36. The van der Waals surface area contributed by atoms with Crippen LogP contribution in [-0.2, 0) is 0 Å². The summed E-state index contributed by atoms with van der Waals surface area (Å²) in [5.74, 6) is 0.149. The van der Waals surface area contributed by atoms with Gasteiger partial charge in [-0.1, -0.05) is 31.9 Å². The Morgan fingerprint density at radius 2 is 2.24 bits per heavy atom. The molecule has 1 atom stereocenters. The van der Waals surface area contributed by atoms with Gasteiger partial charge in [0.05, 0.1) is 0 Å². The standard InChI is InChI=1S/C13H15Br2NO/c1-9-5-10(7-11(15)6-9)13(17)16-4-2-3-12(16)8-14/h5-7,12H,2-4,8H2,1H3. The lowest BCUT2D eigenvalue weighted by Gasteiger charge is -2.23. The number of carbonyl (C=O) groups excluding carboxylic acids is 1. The summed E-state index contributed by atoms with van der Waals surface area (Å²) in [4.78, 5) is 14.4. The average molecular weight is 361 g/mol. The zero-order valence-corrected chi connectivity index (χ0v) is 12.9. The number of carbonyl (C=O) groups is 1. The molecule has 1 unspecified atom stereocenters. The molecule has 1 aliphatic rings. The molecule has 17 heavy (non-hydrogen) atoms. The third-order valence-electron chi connectivity index (χ3n) is 3.11. The molecule has 2 rings (SSSR count). The Bertz CT molecular complexity index is 413. The highest BCUT2D eigenvalue weighted by molar-refractivity contribution is 9.10. The Morgan fingerprint density at radius 1 is 1.47 bits per heavy atom. The molecular formula is C13H15Br2NO. The van der Waals surface area contributed by atoms with E-state index in [9.17, 15) is 4.79 Å². The normalized spacial score (nSPS) is 19.7. The zero-order valence-electron chi connectivity index (χ0n) is 9.75. The Labute approximate surface area is 119 Å². The van der Waals surface area contributed by atoms with E-state index >= 15 is 0 Å². The van der Waals surface area contributed by atoms with Gasteiger partial charge in [-0.15, -0.1) is 0 Å². The summed E-state index contributed by atoms with van der Waals surface area (Å²) in [7, 11) is 0. The monoisotopic (exact) mass is 359 g/mol. The number of rotatable bonds is 2. The fraction of sp³-hybridized carbons (Fsp3) is 0.462. The van der Waals surface area contributed by atoms with Crippen LogP contribution >= 0.6 is 31.9 Å². The molecule has 0 radical (unpaired) electrons. The molecule has 1 saturated heterocycles. The number of hydrogen-bond acceptors (Lipinski definition) is 1. The van der Waals surface area contributed by atoms with Crippen molar-refractivity contribution in [1.29, 1.82) is 0 Å². The van der Waals surface area contributed by atoms with Crippen LogP contribution in [0.2, 0.25) is 0 Å². The van der Waals surface area contributed by atoms with Crippen LogP contribution < -0.4 is 0 Å². The number of benzene rings is 1. The summed E-state index contributed by atoms with van der Waals surface area (Å²) >= 11 is 6.93.